The summed E-state index contributed by atoms with van der Waals surface area (Å²) in [5, 5.41) is -0.00737. The average molecular weight is 257 g/mol. The van der Waals surface area contributed by atoms with E-state index in [0.29, 0.717) is 0 Å². The first-order valence-electron chi connectivity index (χ1n) is 4.34. The summed E-state index contributed by atoms with van der Waals surface area (Å²) >= 11 is 11.2. The predicted molar refractivity (Wildman–Crippen MR) is 58.4 cm³/mol. The average Bonchev–Trinajstić information content (AvgIpc) is 2.27. The van der Waals surface area contributed by atoms with Gasteiger partial charge in [-0.15, -0.1) is 0 Å². The molecule has 0 aliphatic heterocycles. The molecule has 2 rings (SSSR count). The van der Waals surface area contributed by atoms with Gasteiger partial charge in [0.05, 0.1) is 5.69 Å². The zero-order chi connectivity index (χ0) is 11.4. The summed E-state index contributed by atoms with van der Waals surface area (Å²) in [6, 6.07) is 5.58. The SMILES string of the molecule is Clc1nc(Cl)nc(OCc2ccccn2)n1. The van der Waals surface area contributed by atoms with E-state index >= 15 is 0 Å². The fourth-order valence-corrected chi connectivity index (χ4v) is 1.34. The van der Waals surface area contributed by atoms with Crippen molar-refractivity contribution < 1.29 is 4.74 Å². The number of nitrogens with zero attached hydrogens (tertiary/aromatic N) is 4. The molecule has 2 aromatic rings. The van der Waals surface area contributed by atoms with Gasteiger partial charge in [0.1, 0.15) is 6.61 Å². The minimum Gasteiger partial charge on any atom is -0.457 e. The first-order chi connectivity index (χ1) is 7.74. The van der Waals surface area contributed by atoms with Gasteiger partial charge in [0.15, 0.2) is 0 Å². The molecule has 0 radical (unpaired) electrons. The Hall–Kier alpha value is -1.46. The first-order valence-corrected chi connectivity index (χ1v) is 5.09. The Labute approximate surface area is 101 Å². The Morgan fingerprint density at radius 2 is 1.81 bits per heavy atom. The number of hydrogen-bond acceptors (Lipinski definition) is 5. The molecule has 7 heteroatoms. The lowest BCUT2D eigenvalue weighted by Crippen LogP contribution is -2.02. The third-order valence-corrected chi connectivity index (χ3v) is 1.97. The minimum absolute atomic E-state index is 0.00368. The fourth-order valence-electron chi connectivity index (χ4n) is 0.996. The van der Waals surface area contributed by atoms with Crippen LogP contribution in [0.15, 0.2) is 24.4 Å². The molecule has 0 amide bonds. The molecule has 0 aliphatic rings. The number of pyridine rings is 1. The summed E-state index contributed by atoms with van der Waals surface area (Å²) in [6.45, 7) is 0.248. The van der Waals surface area contributed by atoms with Gasteiger partial charge in [-0.3, -0.25) is 4.98 Å². The maximum atomic E-state index is 5.59. The first kappa shape index (κ1) is 11.0. The summed E-state index contributed by atoms with van der Waals surface area (Å²) in [5.41, 5.74) is 0.759. The second-order valence-corrected chi connectivity index (χ2v) is 3.44. The molecule has 0 spiro atoms. The predicted octanol–water partition coefficient (Wildman–Crippen LogP) is 2.15. The van der Waals surface area contributed by atoms with Crippen LogP contribution in [-0.4, -0.2) is 19.9 Å². The third kappa shape index (κ3) is 3.01. The highest BCUT2D eigenvalue weighted by atomic mass is 35.5. The number of halogens is 2. The van der Waals surface area contributed by atoms with E-state index < -0.39 is 0 Å². The number of aromatic nitrogens is 4. The van der Waals surface area contributed by atoms with E-state index in [1.807, 2.05) is 18.2 Å². The molecule has 0 unspecified atom stereocenters. The Morgan fingerprint density at radius 3 is 2.44 bits per heavy atom. The number of hydrogen-bond donors (Lipinski definition) is 0. The quantitative estimate of drug-likeness (QED) is 0.843. The number of ether oxygens (including phenoxy) is 1. The molecule has 0 fully saturated rings. The molecule has 5 nitrogen and oxygen atoms in total. The van der Waals surface area contributed by atoms with Gasteiger partial charge in [-0.2, -0.15) is 15.0 Å². The topological polar surface area (TPSA) is 60.8 Å². The van der Waals surface area contributed by atoms with E-state index in [-0.39, 0.29) is 23.2 Å². The minimum atomic E-state index is -0.00368. The summed E-state index contributed by atoms with van der Waals surface area (Å²) in [5.74, 6) is 0. The molecule has 0 saturated heterocycles. The summed E-state index contributed by atoms with van der Waals surface area (Å²) < 4.78 is 5.26. The van der Waals surface area contributed by atoms with Crippen molar-refractivity contribution in [1.82, 2.24) is 19.9 Å². The van der Waals surface area contributed by atoms with Gasteiger partial charge in [0, 0.05) is 6.20 Å². The van der Waals surface area contributed by atoms with Crippen LogP contribution in [-0.2, 0) is 6.61 Å². The van der Waals surface area contributed by atoms with E-state index in [4.69, 9.17) is 27.9 Å². The van der Waals surface area contributed by atoms with Crippen LogP contribution in [0.1, 0.15) is 5.69 Å². The van der Waals surface area contributed by atoms with E-state index in [2.05, 4.69) is 19.9 Å². The van der Waals surface area contributed by atoms with Crippen LogP contribution in [0.2, 0.25) is 10.6 Å². The van der Waals surface area contributed by atoms with Gasteiger partial charge < -0.3 is 4.74 Å². The van der Waals surface area contributed by atoms with Gasteiger partial charge in [0.2, 0.25) is 10.6 Å². The van der Waals surface area contributed by atoms with Crippen LogP contribution in [0, 0.1) is 0 Å². The monoisotopic (exact) mass is 256 g/mol. The standard InChI is InChI=1S/C9H6Cl2N4O/c10-7-13-8(11)15-9(14-7)16-5-6-3-1-2-4-12-6/h1-4H,5H2. The van der Waals surface area contributed by atoms with Crippen molar-refractivity contribution in [3.05, 3.63) is 40.7 Å². The zero-order valence-electron chi connectivity index (χ0n) is 7.97. The van der Waals surface area contributed by atoms with Gasteiger partial charge in [0.25, 0.3) is 0 Å². The Morgan fingerprint density at radius 1 is 1.06 bits per heavy atom. The lowest BCUT2D eigenvalue weighted by molar-refractivity contribution is 0.275. The second-order valence-electron chi connectivity index (χ2n) is 2.77. The summed E-state index contributed by atoms with van der Waals surface area (Å²) in [4.78, 5) is 15.2. The van der Waals surface area contributed by atoms with Crippen molar-refractivity contribution in [3.63, 3.8) is 0 Å². The second kappa shape index (κ2) is 5.05. The lowest BCUT2D eigenvalue weighted by atomic mass is 10.4. The molecule has 0 N–H and O–H groups in total. The molecular formula is C9H6Cl2N4O. The normalized spacial score (nSPS) is 10.1. The molecule has 2 heterocycles. The molecule has 0 aromatic carbocycles. The van der Waals surface area contributed by atoms with Gasteiger partial charge in [-0.1, -0.05) is 6.07 Å². The maximum absolute atomic E-state index is 5.59. The van der Waals surface area contributed by atoms with E-state index in [9.17, 15) is 0 Å². The lowest BCUT2D eigenvalue weighted by Gasteiger charge is -2.03. The third-order valence-electron chi connectivity index (χ3n) is 1.64. The van der Waals surface area contributed by atoms with E-state index in [1.54, 1.807) is 6.20 Å². The number of rotatable bonds is 3. The van der Waals surface area contributed by atoms with Crippen molar-refractivity contribution in [1.29, 1.82) is 0 Å². The maximum Gasteiger partial charge on any atom is 0.322 e. The highest BCUT2D eigenvalue weighted by Crippen LogP contribution is 2.12. The molecule has 0 saturated carbocycles. The van der Waals surface area contributed by atoms with E-state index in [1.165, 1.54) is 0 Å². The molecular weight excluding hydrogens is 251 g/mol. The van der Waals surface area contributed by atoms with Crippen molar-refractivity contribution in [2.45, 2.75) is 6.61 Å². The summed E-state index contributed by atoms with van der Waals surface area (Å²) in [6.07, 6.45) is 1.67. The van der Waals surface area contributed by atoms with Crippen molar-refractivity contribution >= 4 is 23.2 Å². The van der Waals surface area contributed by atoms with Crippen LogP contribution < -0.4 is 4.74 Å². The van der Waals surface area contributed by atoms with Gasteiger partial charge >= 0.3 is 6.01 Å². The van der Waals surface area contributed by atoms with Crippen LogP contribution >= 0.6 is 23.2 Å². The molecule has 0 atom stereocenters. The molecule has 2 aromatic heterocycles. The van der Waals surface area contributed by atoms with Crippen LogP contribution in [0.3, 0.4) is 0 Å². The molecule has 0 bridgehead atoms. The molecule has 82 valence electrons. The highest BCUT2D eigenvalue weighted by molar-refractivity contribution is 6.31. The molecule has 16 heavy (non-hydrogen) atoms. The highest BCUT2D eigenvalue weighted by Gasteiger charge is 2.04. The fraction of sp³-hybridized carbons (Fsp3) is 0.111. The smallest absolute Gasteiger partial charge is 0.322 e. The Kier molecular flexibility index (Phi) is 3.48. The van der Waals surface area contributed by atoms with Crippen LogP contribution in [0.4, 0.5) is 0 Å². The Bertz CT molecular complexity index is 460. The van der Waals surface area contributed by atoms with Crippen molar-refractivity contribution in [2.75, 3.05) is 0 Å². The van der Waals surface area contributed by atoms with Crippen molar-refractivity contribution in [3.8, 4) is 6.01 Å². The zero-order valence-corrected chi connectivity index (χ0v) is 9.48. The largest absolute Gasteiger partial charge is 0.457 e. The Balaban J connectivity index is 2.05. The van der Waals surface area contributed by atoms with Crippen molar-refractivity contribution in [2.24, 2.45) is 0 Å². The van der Waals surface area contributed by atoms with Crippen LogP contribution in [0.25, 0.3) is 0 Å². The van der Waals surface area contributed by atoms with Crippen LogP contribution in [0.5, 0.6) is 6.01 Å². The van der Waals surface area contributed by atoms with Gasteiger partial charge in [-0.25, -0.2) is 0 Å². The summed E-state index contributed by atoms with van der Waals surface area (Å²) in [7, 11) is 0. The van der Waals surface area contributed by atoms with Gasteiger partial charge in [-0.05, 0) is 35.3 Å². The van der Waals surface area contributed by atoms with E-state index in [0.717, 1.165) is 5.69 Å². The molecule has 0 aliphatic carbocycles.